The first-order chi connectivity index (χ1) is 58.7. The van der Waals surface area contributed by atoms with Crippen LogP contribution in [-0.2, 0) is 143 Å². The summed E-state index contributed by atoms with van der Waals surface area (Å²) in [5, 5.41) is 127. The molecule has 50 heteroatoms. The second kappa shape index (κ2) is 55.2. The SMILES string of the molecule is CC(=O)N[C@H]1[C@H](OCCc2cn(CCOCCOCCOCC(COCCOCCOCCn3cc(CCO[C@@H]4O[C@H](CO)[C@H](O)[C@H](O)[C@H]4NC(C)=O)nn3)(COCCOCCOCCn3cc(CCO[C@@H]4O[C@H](CO)[C@H](O)[C@H](O)[C@H]4NC(C)=O)nn3)NC(=O)CCOCCOCCC(=O)Oc3c(F)c(F)c(F)c(F)c3F)nn2)O[C@H](CO)[C@H](O)[C@@H]1O. The molecule has 1 aromatic carbocycles. The number of halogens is 5. The van der Waals surface area contributed by atoms with Crippen LogP contribution in [0.2, 0.25) is 0 Å². The number of aliphatic hydroxyl groups is 9. The molecule has 0 aliphatic carbocycles. The fourth-order valence-electron chi connectivity index (χ4n) is 12.0. The topological polar surface area (TPSA) is 574 Å². The largest absolute Gasteiger partial charge is 0.420 e. The number of rotatable bonds is 62. The third-order valence-electron chi connectivity index (χ3n) is 18.3. The van der Waals surface area contributed by atoms with Crippen molar-refractivity contribution >= 4 is 29.6 Å². The highest BCUT2D eigenvalue weighted by Gasteiger charge is 2.48. The Kier molecular flexibility index (Phi) is 46.0. The van der Waals surface area contributed by atoms with Gasteiger partial charge in [0.15, 0.2) is 18.9 Å². The number of carbonyl (C=O) groups excluding carboxylic acids is 5. The Morgan fingerprint density at radius 3 is 0.967 bits per heavy atom. The van der Waals surface area contributed by atoms with Crippen LogP contribution in [0.3, 0.4) is 0 Å². The zero-order chi connectivity index (χ0) is 88.4. The molecule has 7 rings (SSSR count). The lowest BCUT2D eigenvalue weighted by molar-refractivity contribution is -0.269. The molecule has 4 aromatic rings. The molecule has 15 atom stereocenters. The molecule has 0 bridgehead atoms. The first-order valence-corrected chi connectivity index (χ1v) is 39.3. The maximum atomic E-state index is 14.1. The number of ether oxygens (including phenoxy) is 18. The smallest absolute Gasteiger partial charge is 0.313 e. The molecule has 122 heavy (non-hydrogen) atoms. The van der Waals surface area contributed by atoms with E-state index in [1.165, 1.54) is 20.8 Å². The molecule has 3 aliphatic rings. The van der Waals surface area contributed by atoms with Crippen molar-refractivity contribution in [3.8, 4) is 5.75 Å². The van der Waals surface area contributed by atoms with Gasteiger partial charge in [-0.1, -0.05) is 15.6 Å². The Labute approximate surface area is 696 Å². The first-order valence-electron chi connectivity index (χ1n) is 39.3. The van der Waals surface area contributed by atoms with Crippen molar-refractivity contribution in [2.75, 3.05) is 185 Å². The maximum absolute atomic E-state index is 14.1. The van der Waals surface area contributed by atoms with E-state index < -0.39 is 195 Å². The van der Waals surface area contributed by atoms with Crippen molar-refractivity contribution in [3.63, 3.8) is 0 Å². The van der Waals surface area contributed by atoms with Crippen molar-refractivity contribution in [1.82, 2.24) is 66.2 Å². The lowest BCUT2D eigenvalue weighted by Crippen LogP contribution is -2.64. The summed E-state index contributed by atoms with van der Waals surface area (Å²) in [5.41, 5.74) is 0.222. The zero-order valence-corrected chi connectivity index (χ0v) is 67.7. The molecule has 3 aliphatic heterocycles. The molecular weight excluding hydrogens is 1650 g/mol. The fraction of sp³-hybridized carbons (Fsp3) is 0.764. The lowest BCUT2D eigenvalue weighted by Gasteiger charge is -2.42. The van der Waals surface area contributed by atoms with E-state index in [-0.39, 0.29) is 184 Å². The summed E-state index contributed by atoms with van der Waals surface area (Å²) in [6.45, 7) is 3.28. The summed E-state index contributed by atoms with van der Waals surface area (Å²) in [7, 11) is 0. The monoisotopic (exact) mass is 1770 g/mol. The van der Waals surface area contributed by atoms with E-state index in [0.29, 0.717) is 36.7 Å². The standard InChI is InChI=1S/C72H112F5N13O32/c1-43(94)78-59-65(102)62(99)49(37-91)119-69(59)116-14-4-46-34-88(85-82-46)9-17-107-22-25-110-28-31-113-40-72(81-52(97)7-12-105-20-21-106-13-8-53(98)122-68-57(76)55(74)54(73)56(75)58(68)77,41-114-32-29-111-26-23-108-18-10-89-35-47(83-86-89)5-15-117-70-60(79-44(2)95)66(103)63(100)50(38-92)120-70)42-115-33-30-112-27-24-109-19-11-90-36-48(84-87-90)6-16-118-71-61(80-45(3)96)67(104)64(101)51(39-93)121-71/h34-36,49-51,59-67,69-71,91-93,99-104H,4-33,37-42H2,1-3H3,(H,78,94)(H,79,95)(H,80,96)(H,81,97)/t49-,50-,51-,59-,60-,61-,62+,63+,64+,65-,66-,67-,69-,70-,71-/m1/s1. The van der Waals surface area contributed by atoms with Gasteiger partial charge in [0.2, 0.25) is 58.5 Å². The van der Waals surface area contributed by atoms with Gasteiger partial charge in [-0.05, 0) is 0 Å². The number of esters is 1. The molecule has 6 heterocycles. The van der Waals surface area contributed by atoms with Gasteiger partial charge in [0.25, 0.3) is 0 Å². The minimum atomic E-state index is -2.43. The van der Waals surface area contributed by atoms with E-state index in [4.69, 9.17) is 80.5 Å². The van der Waals surface area contributed by atoms with E-state index in [1.54, 1.807) is 32.6 Å². The van der Waals surface area contributed by atoms with Gasteiger partial charge in [-0.2, -0.15) is 8.78 Å². The van der Waals surface area contributed by atoms with E-state index >= 15 is 0 Å². The van der Waals surface area contributed by atoms with Gasteiger partial charge in [0, 0.05) is 65.0 Å². The summed E-state index contributed by atoms with van der Waals surface area (Å²) < 4.78 is 176. The summed E-state index contributed by atoms with van der Waals surface area (Å²) in [5.74, 6) is -16.9. The normalized spacial score (nSPS) is 23.1. The number of aromatic nitrogens is 9. The van der Waals surface area contributed by atoms with Crippen LogP contribution < -0.4 is 26.0 Å². The van der Waals surface area contributed by atoms with Crippen LogP contribution in [0.4, 0.5) is 22.0 Å². The second-order valence-corrected chi connectivity index (χ2v) is 27.8. The Balaban J connectivity index is 0.873. The van der Waals surface area contributed by atoms with Crippen LogP contribution >= 0.6 is 0 Å². The predicted octanol–water partition coefficient (Wildman–Crippen LogP) is -6.51. The van der Waals surface area contributed by atoms with Gasteiger partial charge in [-0.15, -0.1) is 15.3 Å². The zero-order valence-electron chi connectivity index (χ0n) is 67.7. The molecule has 3 fully saturated rings. The molecule has 3 saturated heterocycles. The van der Waals surface area contributed by atoms with Crippen LogP contribution in [-0.4, -0.2) is 403 Å². The quantitative estimate of drug-likeness (QED) is 0.00488. The number of aliphatic hydroxyl groups excluding tert-OH is 9. The molecule has 4 amide bonds. The summed E-state index contributed by atoms with van der Waals surface area (Å²) >= 11 is 0. The van der Waals surface area contributed by atoms with Crippen LogP contribution in [0, 0.1) is 29.1 Å². The Morgan fingerprint density at radius 2 is 0.664 bits per heavy atom. The highest BCUT2D eigenvalue weighted by atomic mass is 19.2. The Morgan fingerprint density at radius 1 is 0.385 bits per heavy atom. The predicted molar refractivity (Wildman–Crippen MR) is 396 cm³/mol. The fourth-order valence-corrected chi connectivity index (χ4v) is 12.0. The number of hydrogen-bond acceptors (Lipinski definition) is 38. The number of carbonyl (C=O) groups is 5. The molecule has 0 saturated carbocycles. The average molecular weight is 1770 g/mol. The summed E-state index contributed by atoms with van der Waals surface area (Å²) in [6, 6.07) is -3.32. The minimum Gasteiger partial charge on any atom is -0.420 e. The first kappa shape index (κ1) is 102. The average Bonchev–Trinajstić information content (AvgIpc) is 0.895. The van der Waals surface area contributed by atoms with Crippen LogP contribution in [0.15, 0.2) is 18.6 Å². The number of hydrogen-bond donors (Lipinski definition) is 13. The third-order valence-corrected chi connectivity index (χ3v) is 18.3. The van der Waals surface area contributed by atoms with Crippen molar-refractivity contribution in [2.24, 2.45) is 0 Å². The Hall–Kier alpha value is -7.40. The van der Waals surface area contributed by atoms with Crippen molar-refractivity contribution in [3.05, 3.63) is 64.8 Å². The van der Waals surface area contributed by atoms with Crippen LogP contribution in [0.1, 0.15) is 50.7 Å². The Bertz CT molecular complexity index is 3400. The molecule has 0 spiro atoms. The summed E-state index contributed by atoms with van der Waals surface area (Å²) in [4.78, 5) is 61.5. The summed E-state index contributed by atoms with van der Waals surface area (Å²) in [6.07, 6.45) is -10.9. The highest BCUT2D eigenvalue weighted by Crippen LogP contribution is 2.30. The van der Waals surface area contributed by atoms with Gasteiger partial charge in [-0.3, -0.25) is 24.0 Å². The number of nitrogens with one attached hydrogen (secondary N) is 4. The molecular formula is C72H112F5N13O32. The number of nitrogens with zero attached hydrogens (tertiary/aromatic N) is 9. The molecule has 0 unspecified atom stereocenters. The van der Waals surface area contributed by atoms with E-state index in [2.05, 4.69) is 56.9 Å². The third kappa shape index (κ3) is 34.5. The molecule has 692 valence electrons. The van der Waals surface area contributed by atoms with Gasteiger partial charge in [-0.25, -0.2) is 27.2 Å². The van der Waals surface area contributed by atoms with E-state index in [0.717, 1.165) is 0 Å². The maximum Gasteiger partial charge on any atom is 0.313 e. The molecule has 45 nitrogen and oxygen atoms in total. The van der Waals surface area contributed by atoms with Crippen molar-refractivity contribution in [2.45, 2.75) is 170 Å². The number of amides is 4. The van der Waals surface area contributed by atoms with Gasteiger partial charge in [0.1, 0.15) is 78.6 Å². The number of benzene rings is 1. The van der Waals surface area contributed by atoms with Crippen molar-refractivity contribution in [1.29, 1.82) is 0 Å². The van der Waals surface area contributed by atoms with Crippen molar-refractivity contribution < 1.29 is 177 Å². The molecule has 0 radical (unpaired) electrons. The second-order valence-electron chi connectivity index (χ2n) is 27.8. The van der Waals surface area contributed by atoms with Crippen LogP contribution in [0.25, 0.3) is 0 Å². The highest BCUT2D eigenvalue weighted by molar-refractivity contribution is 5.77. The van der Waals surface area contributed by atoms with E-state index in [9.17, 15) is 91.9 Å². The lowest BCUT2D eigenvalue weighted by atomic mass is 9.97. The molecule has 3 aromatic heterocycles. The van der Waals surface area contributed by atoms with Gasteiger partial charge in [0.05, 0.1) is 228 Å². The minimum absolute atomic E-state index is 0.00900. The van der Waals surface area contributed by atoms with E-state index in [1.807, 2.05) is 0 Å². The van der Waals surface area contributed by atoms with Gasteiger partial charge >= 0.3 is 5.97 Å². The van der Waals surface area contributed by atoms with Crippen LogP contribution in [0.5, 0.6) is 5.75 Å². The molecule has 13 N–H and O–H groups in total. The van der Waals surface area contributed by atoms with Gasteiger partial charge < -0.3 is 152 Å².